The summed E-state index contributed by atoms with van der Waals surface area (Å²) >= 11 is 0. The third-order valence-electron chi connectivity index (χ3n) is 3.29. The maximum Gasteiger partial charge on any atom is 0.241 e. The van der Waals surface area contributed by atoms with E-state index in [4.69, 9.17) is 10.00 Å². The van der Waals surface area contributed by atoms with Crippen molar-refractivity contribution < 1.29 is 13.2 Å². The van der Waals surface area contributed by atoms with E-state index in [9.17, 15) is 8.42 Å². The predicted molar refractivity (Wildman–Crippen MR) is 87.5 cm³/mol. The molecule has 2 aromatic carbocycles. The molecule has 0 heterocycles. The Morgan fingerprint density at radius 1 is 1.22 bits per heavy atom. The van der Waals surface area contributed by atoms with Crippen molar-refractivity contribution in [1.29, 1.82) is 5.26 Å². The Morgan fingerprint density at radius 2 is 1.91 bits per heavy atom. The first kappa shape index (κ1) is 17.0. The second kappa shape index (κ2) is 7.27. The van der Waals surface area contributed by atoms with E-state index >= 15 is 0 Å². The third-order valence-corrected chi connectivity index (χ3v) is 4.85. The molecule has 0 aliphatic carbocycles. The van der Waals surface area contributed by atoms with Crippen molar-refractivity contribution in [3.05, 3.63) is 59.7 Å². The van der Waals surface area contributed by atoms with Crippen LogP contribution in [0.2, 0.25) is 0 Å². The molecule has 120 valence electrons. The number of nitrogens with zero attached hydrogens (tertiary/aromatic N) is 1. The average molecular weight is 330 g/mol. The van der Waals surface area contributed by atoms with Crippen LogP contribution in [0.15, 0.2) is 53.4 Å². The van der Waals surface area contributed by atoms with Gasteiger partial charge >= 0.3 is 0 Å². The SMILES string of the molecule is CCOc1cccc(C(C)NS(=O)(=O)c2ccc(C#N)cc2)c1. The van der Waals surface area contributed by atoms with Gasteiger partial charge in [0.25, 0.3) is 0 Å². The second-order valence-electron chi connectivity index (χ2n) is 4.98. The molecule has 0 saturated carbocycles. The summed E-state index contributed by atoms with van der Waals surface area (Å²) in [5.74, 6) is 0.703. The van der Waals surface area contributed by atoms with Crippen LogP contribution in [0.5, 0.6) is 5.75 Å². The highest BCUT2D eigenvalue weighted by Crippen LogP contribution is 2.21. The Balaban J connectivity index is 2.19. The van der Waals surface area contributed by atoms with Crippen LogP contribution in [0, 0.1) is 11.3 Å². The Labute approximate surface area is 136 Å². The van der Waals surface area contributed by atoms with Gasteiger partial charge in [0.05, 0.1) is 23.1 Å². The summed E-state index contributed by atoms with van der Waals surface area (Å²) in [5, 5.41) is 8.77. The van der Waals surface area contributed by atoms with Gasteiger partial charge in [0.1, 0.15) is 5.75 Å². The summed E-state index contributed by atoms with van der Waals surface area (Å²) in [5.41, 5.74) is 1.23. The van der Waals surface area contributed by atoms with E-state index in [-0.39, 0.29) is 4.90 Å². The van der Waals surface area contributed by atoms with Gasteiger partial charge < -0.3 is 4.74 Å². The largest absolute Gasteiger partial charge is 0.494 e. The van der Waals surface area contributed by atoms with Crippen LogP contribution in [0.25, 0.3) is 0 Å². The lowest BCUT2D eigenvalue weighted by Gasteiger charge is -2.15. The summed E-state index contributed by atoms with van der Waals surface area (Å²) in [6, 6.07) is 14.7. The van der Waals surface area contributed by atoms with Crippen LogP contribution in [0.4, 0.5) is 0 Å². The van der Waals surface area contributed by atoms with E-state index in [2.05, 4.69) is 4.72 Å². The zero-order chi connectivity index (χ0) is 16.9. The molecule has 0 aliphatic heterocycles. The predicted octanol–water partition coefficient (Wildman–Crippen LogP) is 3.00. The second-order valence-corrected chi connectivity index (χ2v) is 6.70. The van der Waals surface area contributed by atoms with Crippen molar-refractivity contribution in [3.8, 4) is 11.8 Å². The smallest absolute Gasteiger partial charge is 0.241 e. The topological polar surface area (TPSA) is 79.2 Å². The fourth-order valence-corrected chi connectivity index (χ4v) is 3.35. The molecule has 1 atom stereocenters. The number of hydrogen-bond acceptors (Lipinski definition) is 4. The summed E-state index contributed by atoms with van der Waals surface area (Å²) in [7, 11) is -3.66. The van der Waals surface area contributed by atoms with E-state index in [0.717, 1.165) is 5.56 Å². The normalized spacial score (nSPS) is 12.4. The molecular weight excluding hydrogens is 312 g/mol. The lowest BCUT2D eigenvalue weighted by molar-refractivity contribution is 0.339. The van der Waals surface area contributed by atoms with E-state index in [1.807, 2.05) is 37.3 Å². The number of sulfonamides is 1. The monoisotopic (exact) mass is 330 g/mol. The van der Waals surface area contributed by atoms with Crippen molar-refractivity contribution in [3.63, 3.8) is 0 Å². The van der Waals surface area contributed by atoms with Gasteiger partial charge in [-0.3, -0.25) is 0 Å². The quantitative estimate of drug-likeness (QED) is 0.883. The minimum absolute atomic E-state index is 0.129. The molecular formula is C17H18N2O3S. The van der Waals surface area contributed by atoms with Crippen molar-refractivity contribution in [2.24, 2.45) is 0 Å². The fourth-order valence-electron chi connectivity index (χ4n) is 2.12. The van der Waals surface area contributed by atoms with Gasteiger partial charge in [0.2, 0.25) is 10.0 Å². The Bertz CT molecular complexity index is 808. The van der Waals surface area contributed by atoms with E-state index in [1.165, 1.54) is 24.3 Å². The Kier molecular flexibility index (Phi) is 5.37. The van der Waals surface area contributed by atoms with E-state index in [1.54, 1.807) is 6.92 Å². The van der Waals surface area contributed by atoms with Gasteiger partial charge in [-0.2, -0.15) is 5.26 Å². The number of ether oxygens (including phenoxy) is 1. The molecule has 0 spiro atoms. The highest BCUT2D eigenvalue weighted by Gasteiger charge is 2.18. The summed E-state index contributed by atoms with van der Waals surface area (Å²) in [6.07, 6.45) is 0. The summed E-state index contributed by atoms with van der Waals surface area (Å²) in [4.78, 5) is 0.129. The van der Waals surface area contributed by atoms with E-state index < -0.39 is 16.1 Å². The molecule has 0 radical (unpaired) electrons. The van der Waals surface area contributed by atoms with Crippen molar-refractivity contribution >= 4 is 10.0 Å². The van der Waals surface area contributed by atoms with Crippen molar-refractivity contribution in [2.45, 2.75) is 24.8 Å². The van der Waals surface area contributed by atoms with Gasteiger partial charge in [-0.05, 0) is 55.8 Å². The first-order valence-electron chi connectivity index (χ1n) is 7.21. The molecule has 5 nitrogen and oxygen atoms in total. The minimum Gasteiger partial charge on any atom is -0.494 e. The van der Waals surface area contributed by atoms with Crippen LogP contribution >= 0.6 is 0 Å². The maximum absolute atomic E-state index is 12.4. The molecule has 0 bridgehead atoms. The molecule has 0 amide bonds. The lowest BCUT2D eigenvalue weighted by atomic mass is 10.1. The molecule has 1 N–H and O–H groups in total. The van der Waals surface area contributed by atoms with Gasteiger partial charge in [-0.1, -0.05) is 12.1 Å². The molecule has 23 heavy (non-hydrogen) atoms. The molecule has 2 rings (SSSR count). The summed E-state index contributed by atoms with van der Waals surface area (Å²) < 4.78 is 32.9. The van der Waals surface area contributed by atoms with Crippen LogP contribution in [0.1, 0.15) is 31.0 Å². The maximum atomic E-state index is 12.4. The lowest BCUT2D eigenvalue weighted by Crippen LogP contribution is -2.26. The third kappa shape index (κ3) is 4.31. The number of hydrogen-bond donors (Lipinski definition) is 1. The fraction of sp³-hybridized carbons (Fsp3) is 0.235. The van der Waals surface area contributed by atoms with E-state index in [0.29, 0.717) is 17.9 Å². The van der Waals surface area contributed by atoms with Crippen LogP contribution in [-0.2, 0) is 10.0 Å². The molecule has 0 saturated heterocycles. The number of benzene rings is 2. The van der Waals surface area contributed by atoms with Crippen molar-refractivity contribution in [1.82, 2.24) is 4.72 Å². The number of nitriles is 1. The molecule has 2 aromatic rings. The van der Waals surface area contributed by atoms with Crippen molar-refractivity contribution in [2.75, 3.05) is 6.61 Å². The standard InChI is InChI=1S/C17H18N2O3S/c1-3-22-16-6-4-5-15(11-16)13(2)19-23(20,21)17-9-7-14(12-18)8-10-17/h4-11,13,19H,3H2,1-2H3. The molecule has 0 aromatic heterocycles. The minimum atomic E-state index is -3.66. The van der Waals surface area contributed by atoms with Crippen LogP contribution in [-0.4, -0.2) is 15.0 Å². The van der Waals surface area contributed by atoms with Crippen LogP contribution < -0.4 is 9.46 Å². The number of nitrogens with one attached hydrogen (secondary N) is 1. The van der Waals surface area contributed by atoms with Crippen LogP contribution in [0.3, 0.4) is 0 Å². The van der Waals surface area contributed by atoms with Gasteiger partial charge in [0.15, 0.2) is 0 Å². The molecule has 6 heteroatoms. The van der Waals surface area contributed by atoms with Gasteiger partial charge in [-0.25, -0.2) is 13.1 Å². The first-order chi connectivity index (χ1) is 11.0. The molecule has 1 unspecified atom stereocenters. The highest BCUT2D eigenvalue weighted by molar-refractivity contribution is 7.89. The Hall–Kier alpha value is -2.36. The number of rotatable bonds is 6. The molecule has 0 aliphatic rings. The average Bonchev–Trinajstić information content (AvgIpc) is 2.55. The molecule has 0 fully saturated rings. The highest BCUT2D eigenvalue weighted by atomic mass is 32.2. The summed E-state index contributed by atoms with van der Waals surface area (Å²) in [6.45, 7) is 4.21. The zero-order valence-electron chi connectivity index (χ0n) is 13.0. The van der Waals surface area contributed by atoms with Gasteiger partial charge in [0, 0.05) is 6.04 Å². The zero-order valence-corrected chi connectivity index (χ0v) is 13.8. The Morgan fingerprint density at radius 3 is 2.52 bits per heavy atom. The first-order valence-corrected chi connectivity index (χ1v) is 8.70. The van der Waals surface area contributed by atoms with Gasteiger partial charge in [-0.15, -0.1) is 0 Å².